The molecule has 2 N–H and O–H groups in total. The standard InChI is InChI=1S/C13H16Cl2N4O2/c1-19-8-17-13(18-19)6-16-5-10(20)7-21-12-4-9(14)2-3-11(12)15/h2-4,8,10,16,20H,5-7H2,1H3. The summed E-state index contributed by atoms with van der Waals surface area (Å²) in [7, 11) is 1.80. The monoisotopic (exact) mass is 330 g/mol. The van der Waals surface area contributed by atoms with Crippen molar-refractivity contribution in [1.29, 1.82) is 0 Å². The van der Waals surface area contributed by atoms with Gasteiger partial charge in [-0.3, -0.25) is 4.68 Å². The highest BCUT2D eigenvalue weighted by molar-refractivity contribution is 6.34. The van der Waals surface area contributed by atoms with Crippen LogP contribution in [0.4, 0.5) is 0 Å². The summed E-state index contributed by atoms with van der Waals surface area (Å²) in [6, 6.07) is 4.94. The van der Waals surface area contributed by atoms with Crippen molar-refractivity contribution in [2.75, 3.05) is 13.2 Å². The normalized spacial score (nSPS) is 12.4. The molecule has 0 aliphatic rings. The molecule has 1 atom stereocenters. The number of aryl methyl sites for hydroxylation is 1. The topological polar surface area (TPSA) is 72.2 Å². The zero-order valence-corrected chi connectivity index (χ0v) is 13.0. The number of hydrogen-bond donors (Lipinski definition) is 2. The van der Waals surface area contributed by atoms with Gasteiger partial charge in [-0.15, -0.1) is 0 Å². The van der Waals surface area contributed by atoms with Crippen molar-refractivity contribution in [3.63, 3.8) is 0 Å². The lowest BCUT2D eigenvalue weighted by Crippen LogP contribution is -2.31. The Hall–Kier alpha value is -1.34. The lowest BCUT2D eigenvalue weighted by molar-refractivity contribution is 0.106. The number of aliphatic hydroxyl groups is 1. The molecule has 114 valence electrons. The minimum absolute atomic E-state index is 0.114. The zero-order valence-electron chi connectivity index (χ0n) is 11.5. The van der Waals surface area contributed by atoms with Crippen molar-refractivity contribution in [3.8, 4) is 5.75 Å². The van der Waals surface area contributed by atoms with Crippen molar-refractivity contribution in [1.82, 2.24) is 20.1 Å². The summed E-state index contributed by atoms with van der Waals surface area (Å²) in [6.45, 7) is 0.953. The van der Waals surface area contributed by atoms with Crippen LogP contribution in [-0.4, -0.2) is 39.1 Å². The molecule has 0 spiro atoms. The molecule has 0 radical (unpaired) electrons. The third kappa shape index (κ3) is 5.17. The van der Waals surface area contributed by atoms with Crippen LogP contribution in [-0.2, 0) is 13.6 Å². The lowest BCUT2D eigenvalue weighted by Gasteiger charge is -2.13. The number of rotatable bonds is 7. The van der Waals surface area contributed by atoms with Gasteiger partial charge >= 0.3 is 0 Å². The molecule has 0 aliphatic heterocycles. The van der Waals surface area contributed by atoms with E-state index in [1.165, 1.54) is 0 Å². The summed E-state index contributed by atoms with van der Waals surface area (Å²) in [5, 5.41) is 18.0. The highest BCUT2D eigenvalue weighted by Gasteiger charge is 2.08. The average Bonchev–Trinajstić information content (AvgIpc) is 2.85. The maximum Gasteiger partial charge on any atom is 0.164 e. The van der Waals surface area contributed by atoms with Crippen LogP contribution in [0.25, 0.3) is 0 Å². The number of benzene rings is 1. The first-order chi connectivity index (χ1) is 10.0. The molecule has 1 aromatic carbocycles. The predicted octanol–water partition coefficient (Wildman–Crippen LogP) is 1.65. The fourth-order valence-corrected chi connectivity index (χ4v) is 1.98. The first-order valence-corrected chi connectivity index (χ1v) is 7.11. The van der Waals surface area contributed by atoms with E-state index in [0.29, 0.717) is 34.7 Å². The van der Waals surface area contributed by atoms with E-state index in [1.54, 1.807) is 36.3 Å². The second-order valence-electron chi connectivity index (χ2n) is 4.50. The molecule has 6 nitrogen and oxygen atoms in total. The molecule has 2 aromatic rings. The largest absolute Gasteiger partial charge is 0.489 e. The van der Waals surface area contributed by atoms with Gasteiger partial charge in [-0.05, 0) is 12.1 Å². The van der Waals surface area contributed by atoms with E-state index in [0.717, 1.165) is 0 Å². The van der Waals surface area contributed by atoms with Crippen molar-refractivity contribution in [2.45, 2.75) is 12.6 Å². The zero-order chi connectivity index (χ0) is 15.2. The summed E-state index contributed by atoms with van der Waals surface area (Å²) in [5.74, 6) is 1.12. The van der Waals surface area contributed by atoms with Gasteiger partial charge in [0.05, 0.1) is 11.6 Å². The second kappa shape index (κ2) is 7.61. The Labute approximate surface area is 132 Å². The Bertz CT molecular complexity index is 591. The van der Waals surface area contributed by atoms with Gasteiger partial charge in [0.2, 0.25) is 0 Å². The van der Waals surface area contributed by atoms with Crippen LogP contribution >= 0.6 is 23.2 Å². The fraction of sp³-hybridized carbons (Fsp3) is 0.385. The van der Waals surface area contributed by atoms with Crippen molar-refractivity contribution < 1.29 is 9.84 Å². The van der Waals surface area contributed by atoms with Gasteiger partial charge in [0.1, 0.15) is 24.8 Å². The van der Waals surface area contributed by atoms with Crippen LogP contribution in [0.2, 0.25) is 10.0 Å². The Morgan fingerprint density at radius 1 is 1.43 bits per heavy atom. The SMILES string of the molecule is Cn1cnc(CNCC(O)COc2cc(Cl)ccc2Cl)n1. The smallest absolute Gasteiger partial charge is 0.164 e. The molecule has 21 heavy (non-hydrogen) atoms. The van der Waals surface area contributed by atoms with Crippen LogP contribution in [0.15, 0.2) is 24.5 Å². The second-order valence-corrected chi connectivity index (χ2v) is 5.35. The third-order valence-electron chi connectivity index (χ3n) is 2.63. The van der Waals surface area contributed by atoms with Gasteiger partial charge in [0.15, 0.2) is 5.82 Å². The van der Waals surface area contributed by atoms with Crippen molar-refractivity contribution in [2.24, 2.45) is 7.05 Å². The van der Waals surface area contributed by atoms with Gasteiger partial charge in [-0.25, -0.2) is 4.98 Å². The first kappa shape index (κ1) is 16.0. The van der Waals surface area contributed by atoms with E-state index in [9.17, 15) is 5.11 Å². The molecule has 1 heterocycles. The highest BCUT2D eigenvalue weighted by atomic mass is 35.5. The molecule has 8 heteroatoms. The number of nitrogens with one attached hydrogen (secondary N) is 1. The molecule has 0 bridgehead atoms. The first-order valence-electron chi connectivity index (χ1n) is 6.35. The Morgan fingerprint density at radius 2 is 2.24 bits per heavy atom. The van der Waals surface area contributed by atoms with Gasteiger partial charge in [-0.1, -0.05) is 23.2 Å². The molecule has 0 amide bonds. The fourth-order valence-electron chi connectivity index (χ4n) is 1.65. The molecule has 0 saturated heterocycles. The highest BCUT2D eigenvalue weighted by Crippen LogP contribution is 2.27. The van der Waals surface area contributed by atoms with Crippen LogP contribution in [0.5, 0.6) is 5.75 Å². The number of nitrogens with zero attached hydrogens (tertiary/aromatic N) is 3. The molecule has 0 saturated carbocycles. The summed E-state index contributed by atoms with van der Waals surface area (Å²) in [4.78, 5) is 4.07. The third-order valence-corrected chi connectivity index (χ3v) is 3.18. The number of aromatic nitrogens is 3. The van der Waals surface area contributed by atoms with E-state index in [2.05, 4.69) is 15.4 Å². The molecular formula is C13H16Cl2N4O2. The van der Waals surface area contributed by atoms with Gasteiger partial charge < -0.3 is 15.2 Å². The quantitative estimate of drug-likeness (QED) is 0.807. The minimum atomic E-state index is -0.677. The van der Waals surface area contributed by atoms with E-state index in [-0.39, 0.29) is 6.61 Å². The predicted molar refractivity (Wildman–Crippen MR) is 80.7 cm³/mol. The van der Waals surface area contributed by atoms with E-state index < -0.39 is 6.10 Å². The average molecular weight is 331 g/mol. The number of hydrogen-bond acceptors (Lipinski definition) is 5. The Balaban J connectivity index is 1.72. The van der Waals surface area contributed by atoms with Gasteiger partial charge in [-0.2, -0.15) is 5.10 Å². The summed E-state index contributed by atoms with van der Waals surface area (Å²) >= 11 is 11.8. The number of halogens is 2. The van der Waals surface area contributed by atoms with Crippen molar-refractivity contribution in [3.05, 3.63) is 40.4 Å². The minimum Gasteiger partial charge on any atom is -0.489 e. The van der Waals surface area contributed by atoms with Crippen LogP contribution in [0.1, 0.15) is 5.82 Å². The maximum absolute atomic E-state index is 9.84. The van der Waals surface area contributed by atoms with Crippen molar-refractivity contribution >= 4 is 23.2 Å². The number of aliphatic hydroxyl groups excluding tert-OH is 1. The van der Waals surface area contributed by atoms with Crippen LogP contribution < -0.4 is 10.1 Å². The van der Waals surface area contributed by atoms with E-state index in [4.69, 9.17) is 27.9 Å². The van der Waals surface area contributed by atoms with E-state index >= 15 is 0 Å². The maximum atomic E-state index is 9.84. The lowest BCUT2D eigenvalue weighted by atomic mass is 10.3. The van der Waals surface area contributed by atoms with Crippen LogP contribution in [0.3, 0.4) is 0 Å². The molecule has 0 fully saturated rings. The molecule has 1 aromatic heterocycles. The number of ether oxygens (including phenoxy) is 1. The molecule has 2 rings (SSSR count). The molecule has 1 unspecified atom stereocenters. The Morgan fingerprint density at radius 3 is 2.95 bits per heavy atom. The van der Waals surface area contributed by atoms with Crippen LogP contribution in [0, 0.1) is 0 Å². The summed E-state index contributed by atoms with van der Waals surface area (Å²) in [5.41, 5.74) is 0. The van der Waals surface area contributed by atoms with Gasteiger partial charge in [0, 0.05) is 24.7 Å². The van der Waals surface area contributed by atoms with E-state index in [1.807, 2.05) is 0 Å². The summed E-state index contributed by atoms with van der Waals surface area (Å²) < 4.78 is 7.07. The summed E-state index contributed by atoms with van der Waals surface area (Å²) in [6.07, 6.45) is 0.946. The Kier molecular flexibility index (Phi) is 5.81. The van der Waals surface area contributed by atoms with Gasteiger partial charge in [0.25, 0.3) is 0 Å². The molecular weight excluding hydrogens is 315 g/mol. The molecule has 0 aliphatic carbocycles.